The number of fused-ring (bicyclic) bond motifs is 1. The number of aliphatic hydroxyl groups is 1. The molecule has 142 valence electrons. The third kappa shape index (κ3) is 3.48. The van der Waals surface area contributed by atoms with Crippen LogP contribution in [0.5, 0.6) is 0 Å². The van der Waals surface area contributed by atoms with Gasteiger partial charge in [0.05, 0.1) is 5.25 Å². The number of hydrogen-bond donors (Lipinski definition) is 1. The van der Waals surface area contributed by atoms with E-state index >= 15 is 0 Å². The zero-order valence-corrected chi connectivity index (χ0v) is 16.1. The van der Waals surface area contributed by atoms with Gasteiger partial charge in [0.25, 0.3) is 0 Å². The molecular weight excluding hydrogens is 366 g/mol. The lowest BCUT2D eigenvalue weighted by Gasteiger charge is -2.43. The number of nitrogens with zero attached hydrogens (tertiary/aromatic N) is 2. The normalized spacial score (nSPS) is 26.6. The molecule has 0 spiro atoms. The van der Waals surface area contributed by atoms with Gasteiger partial charge in [0, 0.05) is 24.9 Å². The third-order valence-electron chi connectivity index (χ3n) is 5.12. The molecule has 1 saturated heterocycles. The molecule has 6 heteroatoms. The molecule has 0 aromatic heterocycles. The second-order valence-electron chi connectivity index (χ2n) is 8.08. The van der Waals surface area contributed by atoms with Gasteiger partial charge < -0.3 is 10.0 Å². The molecule has 0 amide bonds. The summed E-state index contributed by atoms with van der Waals surface area (Å²) < 4.78 is 26.7. The van der Waals surface area contributed by atoms with Gasteiger partial charge in [-0.3, -0.25) is 4.99 Å². The van der Waals surface area contributed by atoms with E-state index in [9.17, 15) is 13.9 Å². The summed E-state index contributed by atoms with van der Waals surface area (Å²) in [7, 11) is 0. The molecular formula is C21H22F2N2OS. The molecule has 2 heterocycles. The van der Waals surface area contributed by atoms with Crippen LogP contribution in [0.25, 0.3) is 0 Å². The van der Waals surface area contributed by atoms with Crippen LogP contribution in [0.3, 0.4) is 0 Å². The molecule has 0 radical (unpaired) electrons. The highest BCUT2D eigenvalue weighted by molar-refractivity contribution is 8.14. The lowest BCUT2D eigenvalue weighted by molar-refractivity contribution is -0.0781. The second-order valence-corrected chi connectivity index (χ2v) is 9.15. The minimum atomic E-state index is -1.23. The molecule has 0 aliphatic carbocycles. The Morgan fingerprint density at radius 3 is 2.30 bits per heavy atom. The molecule has 2 aromatic rings. The summed E-state index contributed by atoms with van der Waals surface area (Å²) in [6, 6.07) is 12.5. The van der Waals surface area contributed by atoms with Gasteiger partial charge in [-0.2, -0.15) is 0 Å². The van der Waals surface area contributed by atoms with Gasteiger partial charge in [-0.05, 0) is 35.4 Å². The van der Waals surface area contributed by atoms with Crippen molar-refractivity contribution >= 4 is 16.9 Å². The summed E-state index contributed by atoms with van der Waals surface area (Å²) in [5, 5.41) is 12.4. The number of rotatable bonds is 3. The van der Waals surface area contributed by atoms with Gasteiger partial charge in [-0.1, -0.05) is 49.9 Å². The van der Waals surface area contributed by atoms with Crippen LogP contribution in [0.2, 0.25) is 0 Å². The van der Waals surface area contributed by atoms with Gasteiger partial charge in [0.2, 0.25) is 0 Å². The lowest BCUT2D eigenvalue weighted by atomic mass is 9.87. The molecule has 4 rings (SSSR count). The summed E-state index contributed by atoms with van der Waals surface area (Å²) in [5.41, 5.74) is 0.409. The highest BCUT2D eigenvalue weighted by atomic mass is 32.2. The molecule has 1 N–H and O–H groups in total. The Hall–Kier alpha value is -1.92. The van der Waals surface area contributed by atoms with Crippen LogP contribution < -0.4 is 0 Å². The molecule has 2 aromatic carbocycles. The fraction of sp³-hybridized carbons (Fsp3) is 0.381. The maximum absolute atomic E-state index is 13.4. The van der Waals surface area contributed by atoms with Gasteiger partial charge in [0.15, 0.2) is 10.9 Å². The van der Waals surface area contributed by atoms with Crippen LogP contribution >= 0.6 is 11.8 Å². The second kappa shape index (κ2) is 6.60. The maximum atomic E-state index is 13.4. The number of halogens is 2. The fourth-order valence-electron chi connectivity index (χ4n) is 3.72. The van der Waals surface area contributed by atoms with Crippen molar-refractivity contribution < 1.29 is 13.9 Å². The molecule has 2 unspecified atom stereocenters. The molecule has 2 aliphatic heterocycles. The van der Waals surface area contributed by atoms with Crippen molar-refractivity contribution in [3.8, 4) is 0 Å². The fourth-order valence-corrected chi connectivity index (χ4v) is 5.11. The van der Waals surface area contributed by atoms with Gasteiger partial charge in [0.1, 0.15) is 11.6 Å². The molecule has 0 bridgehead atoms. The predicted octanol–water partition coefficient (Wildman–Crippen LogP) is 4.38. The average molecular weight is 388 g/mol. The van der Waals surface area contributed by atoms with Crippen LogP contribution in [0.4, 0.5) is 8.78 Å². The van der Waals surface area contributed by atoms with E-state index in [4.69, 9.17) is 4.99 Å². The third-order valence-corrected chi connectivity index (χ3v) is 6.57. The Balaban J connectivity index is 1.75. The highest BCUT2D eigenvalue weighted by Crippen LogP contribution is 2.52. The van der Waals surface area contributed by atoms with Crippen molar-refractivity contribution in [2.24, 2.45) is 10.4 Å². The summed E-state index contributed by atoms with van der Waals surface area (Å²) in [6.45, 7) is 5.63. The lowest BCUT2D eigenvalue weighted by Crippen LogP contribution is -2.55. The van der Waals surface area contributed by atoms with Crippen molar-refractivity contribution in [1.82, 2.24) is 4.90 Å². The van der Waals surface area contributed by atoms with E-state index < -0.39 is 5.72 Å². The highest BCUT2D eigenvalue weighted by Gasteiger charge is 2.54. The van der Waals surface area contributed by atoms with Crippen molar-refractivity contribution in [1.29, 1.82) is 0 Å². The molecule has 3 nitrogen and oxygen atoms in total. The van der Waals surface area contributed by atoms with E-state index in [0.29, 0.717) is 19.5 Å². The standard InChI is InChI=1S/C21H22F2N2OS/c1-20(2)12-24-19-25(13-20)21(26,11-14-3-7-16(22)8-4-14)18(27-19)15-5-9-17(23)10-6-15/h3-10,18,26H,11-13H2,1-2H3. The molecule has 0 saturated carbocycles. The van der Waals surface area contributed by atoms with Crippen LogP contribution in [-0.2, 0) is 6.42 Å². The first-order valence-corrected chi connectivity index (χ1v) is 9.86. The quantitative estimate of drug-likeness (QED) is 0.848. The number of amidine groups is 1. The Kier molecular flexibility index (Phi) is 4.51. The van der Waals surface area contributed by atoms with E-state index in [2.05, 4.69) is 13.8 Å². The zero-order chi connectivity index (χ0) is 19.2. The smallest absolute Gasteiger partial charge is 0.162 e. The van der Waals surface area contributed by atoms with Crippen LogP contribution in [0.15, 0.2) is 53.5 Å². The van der Waals surface area contributed by atoms with Gasteiger partial charge in [-0.25, -0.2) is 8.78 Å². The van der Waals surface area contributed by atoms with Crippen molar-refractivity contribution in [2.45, 2.75) is 31.2 Å². The van der Waals surface area contributed by atoms with Crippen molar-refractivity contribution in [3.05, 3.63) is 71.3 Å². The summed E-state index contributed by atoms with van der Waals surface area (Å²) in [4.78, 5) is 6.67. The van der Waals surface area contributed by atoms with E-state index in [0.717, 1.165) is 16.3 Å². The Morgan fingerprint density at radius 1 is 1.07 bits per heavy atom. The molecule has 27 heavy (non-hydrogen) atoms. The van der Waals surface area contributed by atoms with E-state index in [1.54, 1.807) is 24.3 Å². The number of benzene rings is 2. The van der Waals surface area contributed by atoms with Gasteiger partial charge >= 0.3 is 0 Å². The van der Waals surface area contributed by atoms with E-state index in [1.165, 1.54) is 36.0 Å². The molecule has 2 atom stereocenters. The molecule has 1 fully saturated rings. The van der Waals surface area contributed by atoms with Crippen LogP contribution in [-0.4, -0.2) is 34.0 Å². The first-order valence-electron chi connectivity index (χ1n) is 8.98. The minimum absolute atomic E-state index is 0.0570. The van der Waals surface area contributed by atoms with E-state index in [-0.39, 0.29) is 22.3 Å². The first-order chi connectivity index (χ1) is 12.8. The van der Waals surface area contributed by atoms with Crippen molar-refractivity contribution in [2.75, 3.05) is 13.1 Å². The van der Waals surface area contributed by atoms with Crippen LogP contribution in [0, 0.1) is 17.0 Å². The van der Waals surface area contributed by atoms with E-state index in [1.807, 2.05) is 4.90 Å². The largest absolute Gasteiger partial charge is 0.369 e. The van der Waals surface area contributed by atoms with Crippen LogP contribution in [0.1, 0.15) is 30.2 Å². The average Bonchev–Trinajstić information content (AvgIpc) is 2.89. The monoisotopic (exact) mass is 388 g/mol. The topological polar surface area (TPSA) is 35.8 Å². The first kappa shape index (κ1) is 18.4. The SMILES string of the molecule is CC1(C)CN=C2SC(c3ccc(F)cc3)C(O)(Cc3ccc(F)cc3)N2C1. The maximum Gasteiger partial charge on any atom is 0.162 e. The Morgan fingerprint density at radius 2 is 1.67 bits per heavy atom. The zero-order valence-electron chi connectivity index (χ0n) is 15.3. The van der Waals surface area contributed by atoms with Gasteiger partial charge in [-0.15, -0.1) is 0 Å². The number of hydrogen-bond acceptors (Lipinski definition) is 4. The Bertz CT molecular complexity index is 867. The minimum Gasteiger partial charge on any atom is -0.369 e. The predicted molar refractivity (Wildman–Crippen MR) is 105 cm³/mol. The van der Waals surface area contributed by atoms with Crippen molar-refractivity contribution in [3.63, 3.8) is 0 Å². The number of aliphatic imine (C=N–C) groups is 1. The molecule has 2 aliphatic rings. The summed E-state index contributed by atoms with van der Waals surface area (Å²) >= 11 is 1.51. The Labute approximate surface area is 162 Å². The summed E-state index contributed by atoms with van der Waals surface area (Å²) in [6.07, 6.45) is 0.331. The summed E-state index contributed by atoms with van der Waals surface area (Å²) in [5.74, 6) is -0.608. The number of thioether (sulfide) groups is 1.